The van der Waals surface area contributed by atoms with Gasteiger partial charge in [0.15, 0.2) is 6.10 Å². The number of aromatic nitrogens is 2. The van der Waals surface area contributed by atoms with Crippen LogP contribution in [0.3, 0.4) is 0 Å². The van der Waals surface area contributed by atoms with Gasteiger partial charge < -0.3 is 14.6 Å². The Labute approximate surface area is 121 Å². The van der Waals surface area contributed by atoms with Gasteiger partial charge in [-0.1, -0.05) is 0 Å². The molecule has 0 fully saturated rings. The van der Waals surface area contributed by atoms with Crippen molar-refractivity contribution in [2.24, 2.45) is 0 Å². The summed E-state index contributed by atoms with van der Waals surface area (Å²) in [4.78, 5) is 10.9. The van der Waals surface area contributed by atoms with Crippen molar-refractivity contribution >= 4 is 50.3 Å². The summed E-state index contributed by atoms with van der Waals surface area (Å²) in [5.41, 5.74) is 0.877. The van der Waals surface area contributed by atoms with Crippen molar-refractivity contribution in [2.75, 3.05) is 13.7 Å². The summed E-state index contributed by atoms with van der Waals surface area (Å²) in [5, 5.41) is 13.5. The summed E-state index contributed by atoms with van der Waals surface area (Å²) in [5.74, 6) is -0.699. The van der Waals surface area contributed by atoms with E-state index in [1.165, 1.54) is 7.11 Å². The van der Waals surface area contributed by atoms with E-state index in [-0.39, 0.29) is 13.2 Å². The third-order valence-corrected chi connectivity index (χ3v) is 4.14. The van der Waals surface area contributed by atoms with Crippen molar-refractivity contribution in [3.05, 3.63) is 16.4 Å². The molecule has 1 N–H and O–H groups in total. The van der Waals surface area contributed by atoms with Gasteiger partial charge in [-0.2, -0.15) is 5.10 Å². The molecule has 1 aromatic heterocycles. The van der Waals surface area contributed by atoms with Crippen molar-refractivity contribution in [2.45, 2.75) is 12.7 Å². The van der Waals surface area contributed by atoms with E-state index < -0.39 is 12.1 Å². The van der Waals surface area contributed by atoms with E-state index in [1.54, 1.807) is 4.45 Å². The Morgan fingerprint density at radius 3 is 3.12 bits per heavy atom. The molecule has 0 aliphatic rings. The number of nitrogens with zero attached hydrogens (tertiary/aromatic N) is 2. The molecule has 9 heteroatoms. The second-order valence-corrected chi connectivity index (χ2v) is 5.86. The fourth-order valence-electron chi connectivity index (χ4n) is 1.04. The maximum Gasteiger partial charge on any atom is 0.337 e. The van der Waals surface area contributed by atoms with Crippen LogP contribution in [0, 0.1) is 0 Å². The van der Waals surface area contributed by atoms with E-state index in [4.69, 9.17) is 4.74 Å². The van der Waals surface area contributed by atoms with Crippen LogP contribution in [-0.2, 0) is 20.9 Å². The highest BCUT2D eigenvalue weighted by Gasteiger charge is 2.15. The van der Waals surface area contributed by atoms with Gasteiger partial charge in [-0.3, -0.25) is 0 Å². The third kappa shape index (κ3) is 4.78. The second-order valence-electron chi connectivity index (χ2n) is 3.01. The number of aliphatic hydroxyl groups excluding tert-OH is 1. The minimum absolute atomic E-state index is 0.0974. The van der Waals surface area contributed by atoms with E-state index >= 15 is 0 Å². The van der Waals surface area contributed by atoms with E-state index in [1.807, 2.05) is 6.07 Å². The third-order valence-electron chi connectivity index (χ3n) is 1.83. The van der Waals surface area contributed by atoms with Gasteiger partial charge in [-0.15, -0.1) is 0 Å². The number of rotatable bonds is 6. The van der Waals surface area contributed by atoms with Crippen LogP contribution in [-0.4, -0.2) is 40.4 Å². The Kier molecular flexibility index (Phi) is 6.86. The van der Waals surface area contributed by atoms with Crippen LogP contribution in [0.5, 0.6) is 0 Å². The molecule has 96 valence electrons. The molecule has 1 heterocycles. The normalized spacial score (nSPS) is 13.2. The zero-order chi connectivity index (χ0) is 12.8. The largest absolute Gasteiger partial charge is 0.467 e. The molecule has 1 rings (SSSR count). The molecular weight excluding hydrogens is 426 g/mol. The minimum atomic E-state index is -1.25. The molecule has 0 aliphatic heterocycles. The summed E-state index contributed by atoms with van der Waals surface area (Å²) in [7, 11) is 1.22. The number of hydrogen-bond acceptors (Lipinski definition) is 5. The van der Waals surface area contributed by atoms with Crippen LogP contribution in [0.1, 0.15) is 5.69 Å². The van der Waals surface area contributed by atoms with E-state index in [9.17, 15) is 9.90 Å². The quantitative estimate of drug-likeness (QED) is 0.415. The number of halogens is 2. The minimum Gasteiger partial charge on any atom is -0.467 e. The molecular formula is C8H11BrIN2O4P. The van der Waals surface area contributed by atoms with E-state index in [2.05, 4.69) is 47.8 Å². The molecule has 6 nitrogen and oxygen atoms in total. The lowest BCUT2D eigenvalue weighted by atomic mass is 10.4. The van der Waals surface area contributed by atoms with Gasteiger partial charge in [0.05, 0.1) is 32.4 Å². The first-order valence-electron chi connectivity index (χ1n) is 4.53. The highest BCUT2D eigenvalue weighted by atomic mass is 127. The summed E-state index contributed by atoms with van der Waals surface area (Å²) in [6.07, 6.45) is -0.786. The van der Waals surface area contributed by atoms with Crippen LogP contribution in [0.2, 0.25) is 0 Å². The summed E-state index contributed by atoms with van der Waals surface area (Å²) < 4.78 is 12.1. The summed E-state index contributed by atoms with van der Waals surface area (Å²) in [6.45, 7) is 0.183. The predicted octanol–water partition coefficient (Wildman–Crippen LogP) is 1.49. The fourth-order valence-corrected chi connectivity index (χ4v) is 3.25. The number of methoxy groups -OCH3 is 1. The van der Waals surface area contributed by atoms with Gasteiger partial charge in [0.25, 0.3) is 0 Å². The number of ether oxygens (including phenoxy) is 2. The Bertz CT molecular complexity index is 390. The zero-order valence-corrected chi connectivity index (χ0v) is 13.6. The standard InChI is InChI=1S/C8H11BrIN2O4P/c1-15-8(14)6(13)4-16-3-5-2-7(9)11-12(5)17-10/h2,6,13,17H,3-4H2,1H3. The number of carbonyl (C=O) groups is 1. The Balaban J connectivity index is 2.42. The van der Waals surface area contributed by atoms with Gasteiger partial charge in [0.1, 0.15) is 4.60 Å². The van der Waals surface area contributed by atoms with Gasteiger partial charge in [-0.05, 0) is 44.0 Å². The Morgan fingerprint density at radius 1 is 1.82 bits per heavy atom. The molecule has 0 bridgehead atoms. The molecule has 0 radical (unpaired) electrons. The average Bonchev–Trinajstić information content (AvgIpc) is 2.68. The number of hydrogen-bond donors (Lipinski definition) is 1. The van der Waals surface area contributed by atoms with Crippen LogP contribution < -0.4 is 0 Å². The zero-order valence-electron chi connectivity index (χ0n) is 8.89. The molecule has 0 saturated heterocycles. The van der Waals surface area contributed by atoms with Gasteiger partial charge in [-0.25, -0.2) is 9.25 Å². The summed E-state index contributed by atoms with van der Waals surface area (Å²) in [6, 6.07) is 1.83. The predicted molar refractivity (Wildman–Crippen MR) is 75.3 cm³/mol. The number of aliphatic hydroxyl groups is 1. The molecule has 1 aromatic rings. The first-order valence-corrected chi connectivity index (χ1v) is 9.38. The van der Waals surface area contributed by atoms with Crippen LogP contribution in [0.25, 0.3) is 0 Å². The molecule has 0 spiro atoms. The van der Waals surface area contributed by atoms with Gasteiger partial charge in [0.2, 0.25) is 0 Å². The highest BCUT2D eigenvalue weighted by Crippen LogP contribution is 2.27. The van der Waals surface area contributed by atoms with Crippen molar-refractivity contribution in [3.8, 4) is 0 Å². The summed E-state index contributed by atoms with van der Waals surface area (Å²) >= 11 is 5.47. The Morgan fingerprint density at radius 2 is 2.53 bits per heavy atom. The van der Waals surface area contributed by atoms with Crippen molar-refractivity contribution in [1.82, 2.24) is 9.55 Å². The molecule has 0 saturated carbocycles. The molecule has 2 unspecified atom stereocenters. The molecule has 0 aromatic carbocycles. The van der Waals surface area contributed by atoms with E-state index in [0.29, 0.717) is 6.37 Å². The van der Waals surface area contributed by atoms with E-state index in [0.717, 1.165) is 10.3 Å². The van der Waals surface area contributed by atoms with Crippen molar-refractivity contribution in [1.29, 1.82) is 0 Å². The van der Waals surface area contributed by atoms with Crippen molar-refractivity contribution in [3.63, 3.8) is 0 Å². The maximum absolute atomic E-state index is 10.9. The van der Waals surface area contributed by atoms with Crippen LogP contribution in [0.4, 0.5) is 0 Å². The topological polar surface area (TPSA) is 73.6 Å². The monoisotopic (exact) mass is 436 g/mol. The SMILES string of the molecule is COC(=O)C(O)COCc1cc(Br)nn1PI. The number of carbonyl (C=O) groups excluding carboxylic acids is 1. The van der Waals surface area contributed by atoms with Crippen LogP contribution >= 0.6 is 44.3 Å². The Hall–Kier alpha value is 0.240. The lowest BCUT2D eigenvalue weighted by Gasteiger charge is -2.09. The van der Waals surface area contributed by atoms with Gasteiger partial charge in [0, 0.05) is 0 Å². The molecule has 0 aliphatic carbocycles. The smallest absolute Gasteiger partial charge is 0.337 e. The number of esters is 1. The molecule has 0 amide bonds. The average molecular weight is 437 g/mol. The first kappa shape index (κ1) is 15.3. The maximum atomic E-state index is 10.9. The lowest BCUT2D eigenvalue weighted by Crippen LogP contribution is -2.27. The fraction of sp³-hybridized carbons (Fsp3) is 0.500. The van der Waals surface area contributed by atoms with Crippen LogP contribution in [0.15, 0.2) is 10.7 Å². The van der Waals surface area contributed by atoms with Gasteiger partial charge >= 0.3 is 5.97 Å². The second kappa shape index (κ2) is 7.63. The molecule has 2 atom stereocenters. The lowest BCUT2D eigenvalue weighted by molar-refractivity contribution is -0.153. The molecule has 17 heavy (non-hydrogen) atoms. The first-order chi connectivity index (χ1) is 8.08. The highest BCUT2D eigenvalue weighted by molar-refractivity contribution is 14.2. The van der Waals surface area contributed by atoms with Crippen molar-refractivity contribution < 1.29 is 19.4 Å².